The third-order valence-electron chi connectivity index (χ3n) is 2.99. The van der Waals surface area contributed by atoms with Crippen LogP contribution in [0.5, 0.6) is 5.75 Å². The predicted molar refractivity (Wildman–Crippen MR) is 64.5 cm³/mol. The van der Waals surface area contributed by atoms with Crippen molar-refractivity contribution >= 4 is 5.97 Å². The van der Waals surface area contributed by atoms with Gasteiger partial charge in [0.25, 0.3) is 0 Å². The molecular weight excluding hydrogens is 218 g/mol. The zero-order chi connectivity index (χ0) is 12.4. The van der Waals surface area contributed by atoms with E-state index in [9.17, 15) is 4.79 Å². The molecule has 0 unspecified atom stereocenters. The van der Waals surface area contributed by atoms with Crippen LogP contribution in [0.15, 0.2) is 18.2 Å². The summed E-state index contributed by atoms with van der Waals surface area (Å²) in [5.74, 6) is 0.203. The lowest BCUT2D eigenvalue weighted by Crippen LogP contribution is -2.26. The van der Waals surface area contributed by atoms with Crippen LogP contribution in [-0.2, 0) is 0 Å². The second kappa shape index (κ2) is 4.75. The number of nitrogens with one attached hydrogen (secondary N) is 1. The van der Waals surface area contributed by atoms with Crippen LogP contribution in [0.25, 0.3) is 0 Å². The van der Waals surface area contributed by atoms with Gasteiger partial charge >= 0.3 is 5.97 Å². The molecule has 17 heavy (non-hydrogen) atoms. The van der Waals surface area contributed by atoms with E-state index in [1.807, 2.05) is 6.07 Å². The summed E-state index contributed by atoms with van der Waals surface area (Å²) in [5.41, 5.74) is 1.32. The van der Waals surface area contributed by atoms with Crippen molar-refractivity contribution < 1.29 is 14.6 Å². The summed E-state index contributed by atoms with van der Waals surface area (Å²) in [4.78, 5) is 10.9. The minimum atomic E-state index is -0.922. The van der Waals surface area contributed by atoms with Gasteiger partial charge in [-0.2, -0.15) is 0 Å². The molecule has 4 heteroatoms. The number of fused-ring (bicyclic) bond motifs is 1. The summed E-state index contributed by atoms with van der Waals surface area (Å²) in [7, 11) is 0. The molecule has 0 amide bonds. The zero-order valence-electron chi connectivity index (χ0n) is 10.1. The Labute approximate surface area is 101 Å². The molecule has 1 heterocycles. The molecule has 0 saturated heterocycles. The summed E-state index contributed by atoms with van der Waals surface area (Å²) < 4.78 is 5.59. The average Bonchev–Trinajstić information content (AvgIpc) is 2.49. The van der Waals surface area contributed by atoms with Gasteiger partial charge in [0, 0.05) is 18.2 Å². The van der Waals surface area contributed by atoms with Gasteiger partial charge in [0.15, 0.2) is 0 Å². The standard InChI is InChI=1S/C13H17NO3/c1-8(2)12-10-4-3-9(13(15)16)7-11(10)17-6-5-14-12/h3-4,7-8,12,14H,5-6H2,1-2H3,(H,15,16)/t12-/m1/s1. The van der Waals surface area contributed by atoms with E-state index in [1.165, 1.54) is 0 Å². The summed E-state index contributed by atoms with van der Waals surface area (Å²) in [6.45, 7) is 5.62. The Kier molecular flexibility index (Phi) is 3.33. The Morgan fingerprint density at radius 1 is 1.53 bits per heavy atom. The van der Waals surface area contributed by atoms with Crippen molar-refractivity contribution in [1.29, 1.82) is 0 Å². The van der Waals surface area contributed by atoms with Crippen molar-refractivity contribution in [2.24, 2.45) is 5.92 Å². The maximum absolute atomic E-state index is 10.9. The first kappa shape index (κ1) is 11.9. The van der Waals surface area contributed by atoms with Crippen molar-refractivity contribution in [3.05, 3.63) is 29.3 Å². The van der Waals surface area contributed by atoms with Crippen LogP contribution >= 0.6 is 0 Å². The molecule has 0 saturated carbocycles. The van der Waals surface area contributed by atoms with Gasteiger partial charge in [0.1, 0.15) is 12.4 Å². The van der Waals surface area contributed by atoms with Gasteiger partial charge in [-0.25, -0.2) is 4.79 Å². The molecule has 1 aromatic rings. The van der Waals surface area contributed by atoms with E-state index in [0.29, 0.717) is 18.3 Å². The Bertz CT molecular complexity index is 429. The normalized spacial score (nSPS) is 19.4. The molecule has 0 spiro atoms. The number of ether oxygens (including phenoxy) is 1. The Morgan fingerprint density at radius 3 is 2.94 bits per heavy atom. The fraction of sp³-hybridized carbons (Fsp3) is 0.462. The van der Waals surface area contributed by atoms with E-state index in [2.05, 4.69) is 19.2 Å². The van der Waals surface area contributed by atoms with Gasteiger partial charge in [-0.1, -0.05) is 19.9 Å². The molecular formula is C13H17NO3. The lowest BCUT2D eigenvalue weighted by Gasteiger charge is -2.21. The molecule has 0 aromatic heterocycles. The van der Waals surface area contributed by atoms with E-state index in [0.717, 1.165) is 12.1 Å². The molecule has 0 fully saturated rings. The summed E-state index contributed by atoms with van der Waals surface area (Å²) >= 11 is 0. The third-order valence-corrected chi connectivity index (χ3v) is 2.99. The molecule has 1 aromatic carbocycles. The number of carboxylic acids is 1. The first-order chi connectivity index (χ1) is 8.09. The highest BCUT2D eigenvalue weighted by atomic mass is 16.5. The maximum Gasteiger partial charge on any atom is 0.335 e. The Balaban J connectivity index is 2.42. The van der Waals surface area contributed by atoms with E-state index >= 15 is 0 Å². The van der Waals surface area contributed by atoms with Gasteiger partial charge in [-0.3, -0.25) is 0 Å². The molecule has 2 rings (SSSR count). The smallest absolute Gasteiger partial charge is 0.335 e. The van der Waals surface area contributed by atoms with Gasteiger partial charge < -0.3 is 15.2 Å². The van der Waals surface area contributed by atoms with Gasteiger partial charge in [-0.15, -0.1) is 0 Å². The monoisotopic (exact) mass is 235 g/mol. The zero-order valence-corrected chi connectivity index (χ0v) is 10.1. The number of rotatable bonds is 2. The molecule has 92 valence electrons. The van der Waals surface area contributed by atoms with Crippen LogP contribution in [-0.4, -0.2) is 24.2 Å². The highest BCUT2D eigenvalue weighted by Crippen LogP contribution is 2.32. The molecule has 4 nitrogen and oxygen atoms in total. The van der Waals surface area contributed by atoms with E-state index in [4.69, 9.17) is 9.84 Å². The van der Waals surface area contributed by atoms with Gasteiger partial charge in [-0.05, 0) is 18.1 Å². The largest absolute Gasteiger partial charge is 0.492 e. The Morgan fingerprint density at radius 2 is 2.29 bits per heavy atom. The fourth-order valence-electron chi connectivity index (χ4n) is 2.13. The molecule has 1 aliphatic heterocycles. The molecule has 2 N–H and O–H groups in total. The summed E-state index contributed by atoms with van der Waals surface area (Å²) in [5, 5.41) is 12.4. The van der Waals surface area contributed by atoms with Crippen LogP contribution in [0.3, 0.4) is 0 Å². The molecule has 0 bridgehead atoms. The fourth-order valence-corrected chi connectivity index (χ4v) is 2.13. The van der Waals surface area contributed by atoms with Gasteiger partial charge in [0.05, 0.1) is 5.56 Å². The Hall–Kier alpha value is -1.55. The van der Waals surface area contributed by atoms with Gasteiger partial charge in [0.2, 0.25) is 0 Å². The first-order valence-electron chi connectivity index (χ1n) is 5.83. The van der Waals surface area contributed by atoms with Crippen LogP contribution in [0.2, 0.25) is 0 Å². The summed E-state index contributed by atoms with van der Waals surface area (Å²) in [6, 6.07) is 5.31. The average molecular weight is 235 g/mol. The number of carbonyl (C=O) groups is 1. The summed E-state index contributed by atoms with van der Waals surface area (Å²) in [6.07, 6.45) is 0. The second-order valence-corrected chi connectivity index (χ2v) is 4.58. The molecule has 0 radical (unpaired) electrons. The second-order valence-electron chi connectivity index (χ2n) is 4.58. The van der Waals surface area contributed by atoms with Crippen LogP contribution in [0.4, 0.5) is 0 Å². The first-order valence-corrected chi connectivity index (χ1v) is 5.83. The lowest BCUT2D eigenvalue weighted by molar-refractivity contribution is 0.0696. The van der Waals surface area contributed by atoms with E-state index in [1.54, 1.807) is 12.1 Å². The topological polar surface area (TPSA) is 58.6 Å². The predicted octanol–water partition coefficient (Wildman–Crippen LogP) is 2.06. The van der Waals surface area contributed by atoms with E-state index in [-0.39, 0.29) is 11.6 Å². The highest BCUT2D eigenvalue weighted by Gasteiger charge is 2.22. The number of carboxylic acid groups (broad SMARTS) is 1. The van der Waals surface area contributed by atoms with Crippen LogP contribution in [0.1, 0.15) is 35.8 Å². The van der Waals surface area contributed by atoms with Crippen molar-refractivity contribution in [3.8, 4) is 5.75 Å². The minimum absolute atomic E-state index is 0.218. The molecule has 0 aliphatic carbocycles. The molecule has 1 atom stereocenters. The van der Waals surface area contributed by atoms with E-state index < -0.39 is 5.97 Å². The third kappa shape index (κ3) is 2.42. The van der Waals surface area contributed by atoms with Crippen molar-refractivity contribution in [2.75, 3.05) is 13.2 Å². The number of hydrogen-bond donors (Lipinski definition) is 2. The van der Waals surface area contributed by atoms with Crippen molar-refractivity contribution in [3.63, 3.8) is 0 Å². The quantitative estimate of drug-likeness (QED) is 0.823. The number of hydrogen-bond acceptors (Lipinski definition) is 3. The highest BCUT2D eigenvalue weighted by molar-refractivity contribution is 5.88. The maximum atomic E-state index is 10.9. The van der Waals surface area contributed by atoms with Crippen molar-refractivity contribution in [1.82, 2.24) is 5.32 Å². The SMILES string of the molecule is CC(C)[C@H]1NCCOc2cc(C(=O)O)ccc21. The lowest BCUT2D eigenvalue weighted by atomic mass is 9.94. The van der Waals surface area contributed by atoms with Crippen molar-refractivity contribution in [2.45, 2.75) is 19.9 Å². The minimum Gasteiger partial charge on any atom is -0.492 e. The number of aromatic carboxylic acids is 1. The number of benzene rings is 1. The molecule has 1 aliphatic rings. The van der Waals surface area contributed by atoms with Crippen LogP contribution in [0, 0.1) is 5.92 Å². The van der Waals surface area contributed by atoms with Crippen LogP contribution < -0.4 is 10.1 Å².